The molecule has 0 unspecified atom stereocenters. The van der Waals surface area contributed by atoms with Gasteiger partial charge in [0, 0.05) is 43.4 Å². The topological polar surface area (TPSA) is 32.3 Å². The lowest BCUT2D eigenvalue weighted by molar-refractivity contribution is 0.646. The minimum Gasteiger partial charge on any atom is -0.353 e. The van der Waals surface area contributed by atoms with E-state index in [1.165, 1.54) is 4.88 Å². The van der Waals surface area contributed by atoms with Crippen LogP contribution in [-0.2, 0) is 0 Å². The van der Waals surface area contributed by atoms with Gasteiger partial charge in [-0.05, 0) is 19.1 Å². The van der Waals surface area contributed by atoms with E-state index in [0.717, 1.165) is 37.1 Å². The maximum absolute atomic E-state index is 4.45. The van der Waals surface area contributed by atoms with Crippen LogP contribution < -0.4 is 9.80 Å². The lowest BCUT2D eigenvalue weighted by atomic mass is 10.3. The van der Waals surface area contributed by atoms with Gasteiger partial charge in [-0.25, -0.2) is 9.97 Å². The zero-order valence-electron chi connectivity index (χ0n) is 10.4. The van der Waals surface area contributed by atoms with Crippen LogP contribution in [0.2, 0.25) is 0 Å². The molecule has 4 nitrogen and oxygen atoms in total. The van der Waals surface area contributed by atoms with E-state index in [0.29, 0.717) is 0 Å². The molecule has 1 aliphatic rings. The van der Waals surface area contributed by atoms with Crippen LogP contribution in [-0.4, -0.2) is 36.1 Å². The number of nitrogens with zero attached hydrogens (tertiary/aromatic N) is 4. The molecule has 0 spiro atoms. The van der Waals surface area contributed by atoms with Crippen molar-refractivity contribution >= 4 is 22.3 Å². The molecule has 2 aromatic heterocycles. The van der Waals surface area contributed by atoms with Crippen molar-refractivity contribution < 1.29 is 0 Å². The van der Waals surface area contributed by atoms with E-state index in [1.807, 2.05) is 24.5 Å². The normalized spacial score (nSPS) is 16.1. The lowest BCUT2D eigenvalue weighted by Gasteiger charge is -2.35. The molecule has 1 fully saturated rings. The molecule has 1 aliphatic heterocycles. The molecule has 0 radical (unpaired) electrons. The Morgan fingerprint density at radius 3 is 2.44 bits per heavy atom. The summed E-state index contributed by atoms with van der Waals surface area (Å²) < 4.78 is 0. The summed E-state index contributed by atoms with van der Waals surface area (Å²) >= 11 is 1.77. The first-order chi connectivity index (χ1) is 8.83. The van der Waals surface area contributed by atoms with Crippen LogP contribution in [0.15, 0.2) is 30.6 Å². The van der Waals surface area contributed by atoms with Gasteiger partial charge in [-0.3, -0.25) is 0 Å². The van der Waals surface area contributed by atoms with Crippen LogP contribution in [0.4, 0.5) is 10.9 Å². The molecule has 0 amide bonds. The van der Waals surface area contributed by atoms with Crippen LogP contribution in [0.1, 0.15) is 4.88 Å². The summed E-state index contributed by atoms with van der Waals surface area (Å²) in [6.07, 6.45) is 3.80. The van der Waals surface area contributed by atoms with Crippen molar-refractivity contribution in [2.45, 2.75) is 6.92 Å². The van der Waals surface area contributed by atoms with Gasteiger partial charge in [0.15, 0.2) is 5.13 Å². The minimum atomic E-state index is 1.01. The Balaban J connectivity index is 1.65. The SMILES string of the molecule is Cc1cnc(N2CCN(c3ccccn3)CC2)s1. The Morgan fingerprint density at radius 1 is 1.06 bits per heavy atom. The molecule has 2 aromatic rings. The highest BCUT2D eigenvalue weighted by atomic mass is 32.1. The first-order valence-corrected chi connectivity index (χ1v) is 6.98. The molecule has 3 heterocycles. The highest BCUT2D eigenvalue weighted by Crippen LogP contribution is 2.23. The monoisotopic (exact) mass is 260 g/mol. The number of aryl methyl sites for hydroxylation is 1. The van der Waals surface area contributed by atoms with Crippen molar-refractivity contribution in [1.82, 2.24) is 9.97 Å². The Labute approximate surface area is 111 Å². The molecule has 5 heteroatoms. The second kappa shape index (κ2) is 4.94. The summed E-state index contributed by atoms with van der Waals surface area (Å²) in [7, 11) is 0. The largest absolute Gasteiger partial charge is 0.353 e. The van der Waals surface area contributed by atoms with Gasteiger partial charge in [0.1, 0.15) is 5.82 Å². The zero-order valence-corrected chi connectivity index (χ0v) is 11.2. The van der Waals surface area contributed by atoms with Gasteiger partial charge >= 0.3 is 0 Å². The molecule has 18 heavy (non-hydrogen) atoms. The first kappa shape index (κ1) is 11.5. The van der Waals surface area contributed by atoms with E-state index >= 15 is 0 Å². The number of thiazole rings is 1. The van der Waals surface area contributed by atoms with Crippen LogP contribution in [0.5, 0.6) is 0 Å². The van der Waals surface area contributed by atoms with Crippen molar-refractivity contribution in [3.8, 4) is 0 Å². The van der Waals surface area contributed by atoms with E-state index in [9.17, 15) is 0 Å². The number of anilines is 2. The average molecular weight is 260 g/mol. The predicted molar refractivity (Wildman–Crippen MR) is 75.5 cm³/mol. The van der Waals surface area contributed by atoms with Crippen LogP contribution >= 0.6 is 11.3 Å². The van der Waals surface area contributed by atoms with E-state index in [-0.39, 0.29) is 0 Å². The number of hydrogen-bond acceptors (Lipinski definition) is 5. The third-order valence-corrected chi connectivity index (χ3v) is 4.11. The average Bonchev–Trinajstić information content (AvgIpc) is 2.87. The first-order valence-electron chi connectivity index (χ1n) is 6.16. The fourth-order valence-electron chi connectivity index (χ4n) is 2.16. The van der Waals surface area contributed by atoms with E-state index in [2.05, 4.69) is 32.8 Å². The highest BCUT2D eigenvalue weighted by molar-refractivity contribution is 7.15. The molecule has 0 aromatic carbocycles. The number of aromatic nitrogens is 2. The lowest BCUT2D eigenvalue weighted by Crippen LogP contribution is -2.46. The van der Waals surface area contributed by atoms with Gasteiger partial charge in [0.05, 0.1) is 0 Å². The molecule has 0 N–H and O–H groups in total. The van der Waals surface area contributed by atoms with Crippen LogP contribution in [0, 0.1) is 6.92 Å². The number of hydrogen-bond donors (Lipinski definition) is 0. The highest BCUT2D eigenvalue weighted by Gasteiger charge is 2.19. The minimum absolute atomic E-state index is 1.01. The Bertz CT molecular complexity index is 503. The van der Waals surface area contributed by atoms with Gasteiger partial charge < -0.3 is 9.80 Å². The van der Waals surface area contributed by atoms with E-state index in [4.69, 9.17) is 0 Å². The van der Waals surface area contributed by atoms with E-state index in [1.54, 1.807) is 11.3 Å². The summed E-state index contributed by atoms with van der Waals surface area (Å²) in [5.74, 6) is 1.08. The molecule has 0 atom stereocenters. The molecule has 3 rings (SSSR count). The molecular weight excluding hydrogens is 244 g/mol. The van der Waals surface area contributed by atoms with Crippen molar-refractivity contribution in [3.05, 3.63) is 35.5 Å². The van der Waals surface area contributed by atoms with Gasteiger partial charge in [-0.2, -0.15) is 0 Å². The smallest absolute Gasteiger partial charge is 0.185 e. The molecule has 0 bridgehead atoms. The van der Waals surface area contributed by atoms with Gasteiger partial charge in [0.2, 0.25) is 0 Å². The van der Waals surface area contributed by atoms with Gasteiger partial charge in [0.25, 0.3) is 0 Å². The Morgan fingerprint density at radius 2 is 1.83 bits per heavy atom. The van der Waals surface area contributed by atoms with Crippen molar-refractivity contribution in [3.63, 3.8) is 0 Å². The summed E-state index contributed by atoms with van der Waals surface area (Å²) in [5.41, 5.74) is 0. The second-order valence-corrected chi connectivity index (χ2v) is 5.63. The summed E-state index contributed by atoms with van der Waals surface area (Å²) in [6.45, 7) is 6.16. The van der Waals surface area contributed by atoms with Crippen molar-refractivity contribution in [2.24, 2.45) is 0 Å². The molecular formula is C13H16N4S. The Hall–Kier alpha value is -1.62. The number of rotatable bonds is 2. The predicted octanol–water partition coefficient (Wildman–Crippen LogP) is 2.17. The third-order valence-electron chi connectivity index (χ3n) is 3.13. The van der Waals surface area contributed by atoms with Crippen molar-refractivity contribution in [1.29, 1.82) is 0 Å². The number of piperazine rings is 1. The zero-order chi connectivity index (χ0) is 12.4. The van der Waals surface area contributed by atoms with Gasteiger partial charge in [-0.1, -0.05) is 6.07 Å². The fourth-order valence-corrected chi connectivity index (χ4v) is 2.97. The molecule has 1 saturated heterocycles. The number of pyridine rings is 1. The van der Waals surface area contributed by atoms with Gasteiger partial charge in [-0.15, -0.1) is 11.3 Å². The quantitative estimate of drug-likeness (QED) is 0.828. The second-order valence-electron chi connectivity index (χ2n) is 4.42. The maximum Gasteiger partial charge on any atom is 0.185 e. The maximum atomic E-state index is 4.45. The molecule has 0 aliphatic carbocycles. The standard InChI is InChI=1S/C13H16N4S/c1-11-10-15-13(18-11)17-8-6-16(7-9-17)12-4-2-3-5-14-12/h2-5,10H,6-9H2,1H3. The van der Waals surface area contributed by atoms with Crippen LogP contribution in [0.25, 0.3) is 0 Å². The summed E-state index contributed by atoms with van der Waals surface area (Å²) in [5, 5.41) is 1.15. The summed E-state index contributed by atoms with van der Waals surface area (Å²) in [4.78, 5) is 14.8. The third kappa shape index (κ3) is 2.31. The fraction of sp³-hybridized carbons (Fsp3) is 0.385. The Kier molecular flexibility index (Phi) is 3.15. The van der Waals surface area contributed by atoms with E-state index < -0.39 is 0 Å². The molecule has 0 saturated carbocycles. The summed E-state index contributed by atoms with van der Waals surface area (Å²) in [6, 6.07) is 6.07. The van der Waals surface area contributed by atoms with Crippen molar-refractivity contribution in [2.75, 3.05) is 36.0 Å². The molecule has 94 valence electrons. The van der Waals surface area contributed by atoms with Crippen LogP contribution in [0.3, 0.4) is 0 Å².